The van der Waals surface area contributed by atoms with E-state index >= 15 is 0 Å². The molecule has 1 heterocycles. The molecule has 0 N–H and O–H groups in total. The third kappa shape index (κ3) is 3.57. The first-order chi connectivity index (χ1) is 9.78. The molecule has 0 radical (unpaired) electrons. The van der Waals surface area contributed by atoms with Crippen molar-refractivity contribution in [3.05, 3.63) is 23.8 Å². The fourth-order valence-corrected chi connectivity index (χ4v) is 2.25. The Balaban J connectivity index is 2.10. The Morgan fingerprint density at radius 2 is 2.15 bits per heavy atom. The van der Waals surface area contributed by atoms with Crippen LogP contribution >= 0.6 is 11.8 Å². The van der Waals surface area contributed by atoms with E-state index in [0.29, 0.717) is 36.2 Å². The molecule has 0 amide bonds. The molecule has 0 bridgehead atoms. The number of thioether (sulfide) groups is 1. The van der Waals surface area contributed by atoms with E-state index in [1.165, 1.54) is 0 Å². The van der Waals surface area contributed by atoms with Crippen LogP contribution in [0.2, 0.25) is 0 Å². The summed E-state index contributed by atoms with van der Waals surface area (Å²) in [5, 5.41) is 8.96. The van der Waals surface area contributed by atoms with Gasteiger partial charge in [-0.1, -0.05) is 0 Å². The Morgan fingerprint density at radius 1 is 1.35 bits per heavy atom. The van der Waals surface area contributed by atoms with Gasteiger partial charge in [-0.3, -0.25) is 0 Å². The SMILES string of the molecule is COc1ccc(C#N)cc1OC1COCC1OCSC. The van der Waals surface area contributed by atoms with Crippen LogP contribution in [0.3, 0.4) is 0 Å². The van der Waals surface area contributed by atoms with E-state index in [1.54, 1.807) is 37.1 Å². The number of rotatable bonds is 6. The minimum atomic E-state index is -0.190. The molecule has 0 spiro atoms. The van der Waals surface area contributed by atoms with Crippen molar-refractivity contribution in [2.75, 3.05) is 32.5 Å². The van der Waals surface area contributed by atoms with Gasteiger partial charge in [0.2, 0.25) is 0 Å². The Kier molecular flexibility index (Phi) is 5.53. The average molecular weight is 295 g/mol. The molecule has 0 saturated carbocycles. The van der Waals surface area contributed by atoms with Gasteiger partial charge in [-0.15, -0.1) is 11.8 Å². The summed E-state index contributed by atoms with van der Waals surface area (Å²) in [6, 6.07) is 7.17. The van der Waals surface area contributed by atoms with Crippen LogP contribution in [-0.4, -0.2) is 44.7 Å². The van der Waals surface area contributed by atoms with Crippen molar-refractivity contribution < 1.29 is 18.9 Å². The Labute approximate surface area is 122 Å². The van der Waals surface area contributed by atoms with E-state index in [2.05, 4.69) is 6.07 Å². The minimum Gasteiger partial charge on any atom is -0.493 e. The summed E-state index contributed by atoms with van der Waals surface area (Å²) in [5.41, 5.74) is 0.529. The molecule has 20 heavy (non-hydrogen) atoms. The molecule has 1 saturated heterocycles. The molecular weight excluding hydrogens is 278 g/mol. The van der Waals surface area contributed by atoms with Gasteiger partial charge in [-0.2, -0.15) is 5.26 Å². The lowest BCUT2D eigenvalue weighted by molar-refractivity contribution is 0.0236. The second-order valence-electron chi connectivity index (χ2n) is 4.28. The summed E-state index contributed by atoms with van der Waals surface area (Å²) < 4.78 is 22.2. The molecule has 2 atom stereocenters. The molecule has 108 valence electrons. The normalized spacial score (nSPS) is 21.4. The van der Waals surface area contributed by atoms with E-state index in [4.69, 9.17) is 24.2 Å². The Morgan fingerprint density at radius 3 is 2.85 bits per heavy atom. The fourth-order valence-electron chi connectivity index (χ4n) is 1.94. The lowest BCUT2D eigenvalue weighted by Gasteiger charge is -2.20. The van der Waals surface area contributed by atoms with Crippen LogP contribution in [-0.2, 0) is 9.47 Å². The number of nitrogens with zero attached hydrogens (tertiary/aromatic N) is 1. The predicted molar refractivity (Wildman–Crippen MR) is 76.2 cm³/mol. The molecule has 2 unspecified atom stereocenters. The Bertz CT molecular complexity index is 489. The van der Waals surface area contributed by atoms with Crippen LogP contribution in [0, 0.1) is 11.3 Å². The molecule has 1 aliphatic heterocycles. The lowest BCUT2D eigenvalue weighted by Crippen LogP contribution is -2.32. The van der Waals surface area contributed by atoms with Gasteiger partial charge < -0.3 is 18.9 Å². The molecule has 1 aromatic carbocycles. The maximum absolute atomic E-state index is 8.96. The molecule has 1 aliphatic rings. The molecule has 1 aromatic rings. The van der Waals surface area contributed by atoms with E-state index in [-0.39, 0.29) is 12.2 Å². The van der Waals surface area contributed by atoms with Crippen molar-refractivity contribution in [3.8, 4) is 17.6 Å². The maximum atomic E-state index is 8.96. The fraction of sp³-hybridized carbons (Fsp3) is 0.500. The number of benzene rings is 1. The zero-order valence-electron chi connectivity index (χ0n) is 11.5. The topological polar surface area (TPSA) is 60.7 Å². The molecule has 6 heteroatoms. The van der Waals surface area contributed by atoms with Crippen LogP contribution in [0.4, 0.5) is 0 Å². The number of hydrogen-bond donors (Lipinski definition) is 0. The van der Waals surface area contributed by atoms with Gasteiger partial charge >= 0.3 is 0 Å². The first-order valence-electron chi connectivity index (χ1n) is 6.21. The van der Waals surface area contributed by atoms with Gasteiger partial charge in [0, 0.05) is 6.07 Å². The van der Waals surface area contributed by atoms with Crippen molar-refractivity contribution in [3.63, 3.8) is 0 Å². The van der Waals surface area contributed by atoms with Crippen LogP contribution < -0.4 is 9.47 Å². The number of nitriles is 1. The van der Waals surface area contributed by atoms with Crippen LogP contribution in [0.1, 0.15) is 5.56 Å². The predicted octanol–water partition coefficient (Wildman–Crippen LogP) is 2.05. The van der Waals surface area contributed by atoms with E-state index in [1.807, 2.05) is 6.26 Å². The second-order valence-corrected chi connectivity index (χ2v) is 5.10. The van der Waals surface area contributed by atoms with E-state index in [0.717, 1.165) is 0 Å². The Hall–Kier alpha value is -1.42. The van der Waals surface area contributed by atoms with Gasteiger partial charge in [0.15, 0.2) is 17.6 Å². The van der Waals surface area contributed by atoms with E-state index in [9.17, 15) is 0 Å². The smallest absolute Gasteiger partial charge is 0.163 e. The van der Waals surface area contributed by atoms with Gasteiger partial charge in [0.1, 0.15) is 6.10 Å². The van der Waals surface area contributed by atoms with Gasteiger partial charge in [0.25, 0.3) is 0 Å². The van der Waals surface area contributed by atoms with Gasteiger partial charge in [-0.05, 0) is 18.4 Å². The summed E-state index contributed by atoms with van der Waals surface area (Å²) in [6.45, 7) is 0.991. The molecule has 0 aliphatic carbocycles. The zero-order chi connectivity index (χ0) is 14.4. The summed E-state index contributed by atoms with van der Waals surface area (Å²) in [4.78, 5) is 0. The minimum absolute atomic E-state index is 0.0992. The highest BCUT2D eigenvalue weighted by Gasteiger charge is 2.31. The van der Waals surface area contributed by atoms with Crippen molar-refractivity contribution in [1.82, 2.24) is 0 Å². The zero-order valence-corrected chi connectivity index (χ0v) is 12.3. The summed E-state index contributed by atoms with van der Waals surface area (Å²) in [6.07, 6.45) is 1.69. The molecule has 2 rings (SSSR count). The highest BCUT2D eigenvalue weighted by Crippen LogP contribution is 2.30. The number of hydrogen-bond acceptors (Lipinski definition) is 6. The van der Waals surface area contributed by atoms with Crippen LogP contribution in [0.25, 0.3) is 0 Å². The summed E-state index contributed by atoms with van der Waals surface area (Å²) in [5.74, 6) is 1.74. The van der Waals surface area contributed by atoms with Crippen LogP contribution in [0.5, 0.6) is 11.5 Å². The third-order valence-electron chi connectivity index (χ3n) is 2.95. The van der Waals surface area contributed by atoms with Crippen molar-refractivity contribution >= 4 is 11.8 Å². The number of ether oxygens (including phenoxy) is 4. The van der Waals surface area contributed by atoms with Crippen molar-refractivity contribution in [2.24, 2.45) is 0 Å². The summed E-state index contributed by atoms with van der Waals surface area (Å²) >= 11 is 1.61. The first-order valence-corrected chi connectivity index (χ1v) is 7.61. The highest BCUT2D eigenvalue weighted by molar-refractivity contribution is 7.98. The van der Waals surface area contributed by atoms with E-state index < -0.39 is 0 Å². The monoisotopic (exact) mass is 295 g/mol. The number of methoxy groups -OCH3 is 1. The second kappa shape index (κ2) is 7.39. The molecule has 5 nitrogen and oxygen atoms in total. The highest BCUT2D eigenvalue weighted by atomic mass is 32.2. The largest absolute Gasteiger partial charge is 0.493 e. The standard InChI is InChI=1S/C14H17NO4S/c1-16-11-4-3-10(6-15)5-12(11)19-14-8-17-7-13(14)18-9-20-2/h3-5,13-14H,7-9H2,1-2H3. The molecule has 1 fully saturated rings. The van der Waals surface area contributed by atoms with Crippen LogP contribution in [0.15, 0.2) is 18.2 Å². The first kappa shape index (κ1) is 15.0. The van der Waals surface area contributed by atoms with Gasteiger partial charge in [-0.25, -0.2) is 0 Å². The molecular formula is C14H17NO4S. The third-order valence-corrected chi connectivity index (χ3v) is 3.32. The van der Waals surface area contributed by atoms with Crippen molar-refractivity contribution in [1.29, 1.82) is 5.26 Å². The molecule has 0 aromatic heterocycles. The maximum Gasteiger partial charge on any atom is 0.163 e. The average Bonchev–Trinajstić information content (AvgIpc) is 2.92. The quantitative estimate of drug-likeness (QED) is 0.749. The summed E-state index contributed by atoms with van der Waals surface area (Å²) in [7, 11) is 1.57. The van der Waals surface area contributed by atoms with Crippen molar-refractivity contribution in [2.45, 2.75) is 12.2 Å². The lowest BCUT2D eigenvalue weighted by atomic mass is 10.2. The van der Waals surface area contributed by atoms with Gasteiger partial charge in [0.05, 0.1) is 37.9 Å².